The van der Waals surface area contributed by atoms with Crippen molar-refractivity contribution in [3.8, 4) is 5.75 Å². The van der Waals surface area contributed by atoms with E-state index in [2.05, 4.69) is 6.07 Å². The number of nitrogens with two attached hydrogens (primary N) is 1. The highest BCUT2D eigenvalue weighted by Gasteiger charge is 2.17. The van der Waals surface area contributed by atoms with Crippen molar-refractivity contribution in [2.75, 3.05) is 19.4 Å². The van der Waals surface area contributed by atoms with Gasteiger partial charge in [0.05, 0.1) is 5.69 Å². The molecule has 0 saturated carbocycles. The zero-order chi connectivity index (χ0) is 15.2. The van der Waals surface area contributed by atoms with Crippen LogP contribution in [0.2, 0.25) is 0 Å². The lowest BCUT2D eigenvalue weighted by molar-refractivity contribution is -0.133. The second-order valence-electron chi connectivity index (χ2n) is 4.96. The first kappa shape index (κ1) is 15.4. The lowest BCUT2D eigenvalue weighted by atomic mass is 10.2. The maximum atomic E-state index is 12.2. The SMILES string of the molecule is CC(Cc1cccs1)N(C)C(=O)COc1ccccc1N. The second kappa shape index (κ2) is 7.13. The molecular formula is C16H20N2O2S. The third-order valence-corrected chi connectivity index (χ3v) is 4.30. The summed E-state index contributed by atoms with van der Waals surface area (Å²) in [5, 5.41) is 2.05. The fourth-order valence-electron chi connectivity index (χ4n) is 1.96. The third-order valence-electron chi connectivity index (χ3n) is 3.40. The van der Waals surface area contributed by atoms with E-state index in [0.29, 0.717) is 11.4 Å². The Bertz CT molecular complexity index is 584. The zero-order valence-corrected chi connectivity index (χ0v) is 13.1. The molecule has 0 spiro atoms. The summed E-state index contributed by atoms with van der Waals surface area (Å²) in [6, 6.07) is 11.4. The van der Waals surface area contributed by atoms with Gasteiger partial charge in [0.2, 0.25) is 0 Å². The van der Waals surface area contributed by atoms with E-state index in [-0.39, 0.29) is 18.6 Å². The number of amides is 1. The summed E-state index contributed by atoms with van der Waals surface area (Å²) < 4.78 is 5.49. The van der Waals surface area contributed by atoms with Gasteiger partial charge in [-0.2, -0.15) is 0 Å². The van der Waals surface area contributed by atoms with Crippen molar-refractivity contribution in [1.29, 1.82) is 0 Å². The smallest absolute Gasteiger partial charge is 0.260 e. The minimum absolute atomic E-state index is 0.000502. The molecule has 5 heteroatoms. The van der Waals surface area contributed by atoms with Gasteiger partial charge in [-0.1, -0.05) is 18.2 Å². The van der Waals surface area contributed by atoms with Crippen LogP contribution in [0.4, 0.5) is 5.69 Å². The molecule has 0 bridgehead atoms. The summed E-state index contributed by atoms with van der Waals surface area (Å²) in [5.41, 5.74) is 6.33. The largest absolute Gasteiger partial charge is 0.482 e. The van der Waals surface area contributed by atoms with Crippen LogP contribution in [-0.2, 0) is 11.2 Å². The van der Waals surface area contributed by atoms with Gasteiger partial charge in [-0.3, -0.25) is 4.79 Å². The van der Waals surface area contributed by atoms with Crippen LogP contribution in [-0.4, -0.2) is 30.5 Å². The number of thiophene rings is 1. The Balaban J connectivity index is 1.86. The summed E-state index contributed by atoms with van der Waals surface area (Å²) in [6.45, 7) is 2.04. The molecule has 0 radical (unpaired) electrons. The molecule has 2 N–H and O–H groups in total. The average Bonchev–Trinajstić information content (AvgIpc) is 2.98. The minimum atomic E-state index is -0.0534. The number of anilines is 1. The number of benzene rings is 1. The molecule has 2 aromatic rings. The Morgan fingerprint density at radius 1 is 1.33 bits per heavy atom. The van der Waals surface area contributed by atoms with Crippen LogP contribution in [0.15, 0.2) is 41.8 Å². The number of nitrogen functional groups attached to an aromatic ring is 1. The standard InChI is InChI=1S/C16H20N2O2S/c1-12(10-13-6-5-9-21-13)18(2)16(19)11-20-15-8-4-3-7-14(15)17/h3-9,12H,10-11,17H2,1-2H3. The van der Waals surface area contributed by atoms with Crippen LogP contribution in [0.25, 0.3) is 0 Å². The molecule has 0 aliphatic carbocycles. The van der Waals surface area contributed by atoms with Gasteiger partial charge in [0, 0.05) is 24.4 Å². The number of rotatable bonds is 6. The van der Waals surface area contributed by atoms with E-state index in [0.717, 1.165) is 6.42 Å². The maximum Gasteiger partial charge on any atom is 0.260 e. The Labute approximate surface area is 129 Å². The summed E-state index contributed by atoms with van der Waals surface area (Å²) in [5.74, 6) is 0.493. The summed E-state index contributed by atoms with van der Waals surface area (Å²) >= 11 is 1.71. The van der Waals surface area contributed by atoms with Crippen molar-refractivity contribution in [3.05, 3.63) is 46.7 Å². The minimum Gasteiger partial charge on any atom is -0.482 e. The highest BCUT2D eigenvalue weighted by Crippen LogP contribution is 2.20. The number of nitrogens with zero attached hydrogens (tertiary/aromatic N) is 1. The molecule has 0 aliphatic rings. The molecule has 1 aromatic heterocycles. The first-order valence-corrected chi connectivity index (χ1v) is 7.71. The Hall–Kier alpha value is -2.01. The van der Waals surface area contributed by atoms with E-state index < -0.39 is 0 Å². The van der Waals surface area contributed by atoms with Gasteiger partial charge in [0.25, 0.3) is 5.91 Å². The van der Waals surface area contributed by atoms with Gasteiger partial charge >= 0.3 is 0 Å². The molecular weight excluding hydrogens is 284 g/mol. The number of para-hydroxylation sites is 2. The van der Waals surface area contributed by atoms with Crippen molar-refractivity contribution in [2.24, 2.45) is 0 Å². The van der Waals surface area contributed by atoms with E-state index in [4.69, 9.17) is 10.5 Å². The molecule has 1 unspecified atom stereocenters. The van der Waals surface area contributed by atoms with Crippen molar-refractivity contribution in [3.63, 3.8) is 0 Å². The number of carbonyl (C=O) groups is 1. The normalized spacial score (nSPS) is 11.9. The molecule has 0 aliphatic heterocycles. The van der Waals surface area contributed by atoms with E-state index >= 15 is 0 Å². The van der Waals surface area contributed by atoms with Gasteiger partial charge in [-0.05, 0) is 30.5 Å². The second-order valence-corrected chi connectivity index (χ2v) is 6.00. The summed E-state index contributed by atoms with van der Waals surface area (Å²) in [7, 11) is 1.80. The zero-order valence-electron chi connectivity index (χ0n) is 12.3. The highest BCUT2D eigenvalue weighted by atomic mass is 32.1. The predicted octanol–water partition coefficient (Wildman–Crippen LogP) is 2.80. The van der Waals surface area contributed by atoms with E-state index in [1.54, 1.807) is 35.4 Å². The van der Waals surface area contributed by atoms with Crippen LogP contribution in [0.1, 0.15) is 11.8 Å². The van der Waals surface area contributed by atoms with Crippen LogP contribution < -0.4 is 10.5 Å². The van der Waals surface area contributed by atoms with Gasteiger partial charge in [-0.15, -0.1) is 11.3 Å². The molecule has 21 heavy (non-hydrogen) atoms. The van der Waals surface area contributed by atoms with Crippen molar-refractivity contribution >= 4 is 22.9 Å². The first-order valence-electron chi connectivity index (χ1n) is 6.83. The average molecular weight is 304 g/mol. The Kier molecular flexibility index (Phi) is 5.22. The Morgan fingerprint density at radius 3 is 2.76 bits per heavy atom. The molecule has 0 saturated heterocycles. The fourth-order valence-corrected chi connectivity index (χ4v) is 2.78. The number of ether oxygens (including phenoxy) is 1. The molecule has 1 atom stereocenters. The summed E-state index contributed by atoms with van der Waals surface area (Å²) in [6.07, 6.45) is 0.855. The van der Waals surface area contributed by atoms with Crippen LogP contribution >= 0.6 is 11.3 Å². The summed E-state index contributed by atoms with van der Waals surface area (Å²) in [4.78, 5) is 15.2. The maximum absolute atomic E-state index is 12.2. The number of likely N-dealkylation sites (N-methyl/N-ethyl adjacent to an activating group) is 1. The van der Waals surface area contributed by atoms with E-state index in [1.165, 1.54) is 4.88 Å². The van der Waals surface area contributed by atoms with Gasteiger partial charge in [0.15, 0.2) is 6.61 Å². The lowest BCUT2D eigenvalue weighted by Crippen LogP contribution is -2.39. The van der Waals surface area contributed by atoms with Crippen molar-refractivity contribution in [1.82, 2.24) is 4.90 Å². The Morgan fingerprint density at radius 2 is 2.10 bits per heavy atom. The van der Waals surface area contributed by atoms with Crippen LogP contribution in [0, 0.1) is 0 Å². The molecule has 112 valence electrons. The number of hydrogen-bond acceptors (Lipinski definition) is 4. The first-order chi connectivity index (χ1) is 10.1. The molecule has 0 fully saturated rings. The molecule has 1 aromatic carbocycles. The molecule has 2 rings (SSSR count). The molecule has 1 amide bonds. The lowest BCUT2D eigenvalue weighted by Gasteiger charge is -2.24. The number of hydrogen-bond donors (Lipinski definition) is 1. The van der Waals surface area contributed by atoms with Crippen molar-refractivity contribution in [2.45, 2.75) is 19.4 Å². The third kappa shape index (κ3) is 4.23. The number of carbonyl (C=O) groups excluding carboxylic acids is 1. The molecule has 4 nitrogen and oxygen atoms in total. The molecule has 1 heterocycles. The van der Waals surface area contributed by atoms with Gasteiger partial charge < -0.3 is 15.4 Å². The van der Waals surface area contributed by atoms with Crippen molar-refractivity contribution < 1.29 is 9.53 Å². The van der Waals surface area contributed by atoms with E-state index in [9.17, 15) is 4.79 Å². The van der Waals surface area contributed by atoms with Crippen LogP contribution in [0.5, 0.6) is 5.75 Å². The predicted molar refractivity (Wildman–Crippen MR) is 86.6 cm³/mol. The topological polar surface area (TPSA) is 55.6 Å². The van der Waals surface area contributed by atoms with Gasteiger partial charge in [0.1, 0.15) is 5.75 Å². The van der Waals surface area contributed by atoms with Crippen LogP contribution in [0.3, 0.4) is 0 Å². The monoisotopic (exact) mass is 304 g/mol. The fraction of sp³-hybridized carbons (Fsp3) is 0.312. The van der Waals surface area contributed by atoms with E-state index in [1.807, 2.05) is 30.5 Å². The highest BCUT2D eigenvalue weighted by molar-refractivity contribution is 7.09. The quantitative estimate of drug-likeness (QED) is 0.835. The van der Waals surface area contributed by atoms with Gasteiger partial charge in [-0.25, -0.2) is 0 Å².